The Balaban J connectivity index is 1.44. The SMILES string of the molecule is CSc1nc(-c2ccc(CCNC(=O)c3c(Oc4cccc(C)c4)cnn3C(C)(C)C)cc2)no1. The molecule has 0 saturated heterocycles. The Morgan fingerprint density at radius 3 is 2.60 bits per heavy atom. The van der Waals surface area contributed by atoms with Gasteiger partial charge in [0.2, 0.25) is 5.82 Å². The molecule has 2 aromatic heterocycles. The largest absolute Gasteiger partial charge is 0.453 e. The van der Waals surface area contributed by atoms with Gasteiger partial charge < -0.3 is 14.6 Å². The quantitative estimate of drug-likeness (QED) is 0.326. The number of amides is 1. The van der Waals surface area contributed by atoms with Crippen molar-refractivity contribution >= 4 is 17.7 Å². The first-order valence-corrected chi connectivity index (χ1v) is 12.6. The van der Waals surface area contributed by atoms with Crippen LogP contribution in [0.2, 0.25) is 0 Å². The summed E-state index contributed by atoms with van der Waals surface area (Å²) < 4.78 is 12.9. The molecular formula is C26H29N5O3S. The predicted octanol–water partition coefficient (Wildman–Crippen LogP) is 5.48. The van der Waals surface area contributed by atoms with Crippen LogP contribution in [0.3, 0.4) is 0 Å². The van der Waals surface area contributed by atoms with Crippen molar-refractivity contribution in [2.24, 2.45) is 0 Å². The van der Waals surface area contributed by atoms with Gasteiger partial charge in [0.05, 0.1) is 11.7 Å². The van der Waals surface area contributed by atoms with Gasteiger partial charge in [-0.1, -0.05) is 53.3 Å². The molecule has 8 nitrogen and oxygen atoms in total. The Morgan fingerprint density at radius 2 is 1.94 bits per heavy atom. The molecule has 0 fully saturated rings. The highest BCUT2D eigenvalue weighted by atomic mass is 32.2. The van der Waals surface area contributed by atoms with Crippen LogP contribution >= 0.6 is 11.8 Å². The van der Waals surface area contributed by atoms with Crippen molar-refractivity contribution < 1.29 is 14.1 Å². The lowest BCUT2D eigenvalue weighted by Gasteiger charge is -2.22. The Morgan fingerprint density at radius 1 is 1.17 bits per heavy atom. The second-order valence-corrected chi connectivity index (χ2v) is 9.91. The van der Waals surface area contributed by atoms with E-state index in [0.29, 0.717) is 41.2 Å². The fourth-order valence-electron chi connectivity index (χ4n) is 3.56. The van der Waals surface area contributed by atoms with Gasteiger partial charge in [0.15, 0.2) is 11.4 Å². The topological polar surface area (TPSA) is 95.1 Å². The summed E-state index contributed by atoms with van der Waals surface area (Å²) in [6.45, 7) is 8.47. The van der Waals surface area contributed by atoms with E-state index in [9.17, 15) is 4.79 Å². The molecule has 35 heavy (non-hydrogen) atoms. The van der Waals surface area contributed by atoms with Gasteiger partial charge in [0, 0.05) is 12.1 Å². The molecule has 1 N–H and O–H groups in total. The molecule has 2 aromatic carbocycles. The van der Waals surface area contributed by atoms with E-state index in [0.717, 1.165) is 16.7 Å². The number of thioether (sulfide) groups is 1. The molecule has 9 heteroatoms. The van der Waals surface area contributed by atoms with Gasteiger partial charge in [-0.25, -0.2) is 0 Å². The van der Waals surface area contributed by atoms with Gasteiger partial charge in [-0.3, -0.25) is 9.48 Å². The van der Waals surface area contributed by atoms with Crippen LogP contribution in [0.5, 0.6) is 11.5 Å². The minimum absolute atomic E-state index is 0.229. The molecule has 1 amide bonds. The summed E-state index contributed by atoms with van der Waals surface area (Å²) >= 11 is 1.41. The zero-order chi connectivity index (χ0) is 25.0. The monoisotopic (exact) mass is 491 g/mol. The number of nitrogens with one attached hydrogen (secondary N) is 1. The average molecular weight is 492 g/mol. The summed E-state index contributed by atoms with van der Waals surface area (Å²) in [5.74, 6) is 1.43. The second-order valence-electron chi connectivity index (χ2n) is 9.15. The van der Waals surface area contributed by atoms with Crippen LogP contribution in [0.1, 0.15) is 42.4 Å². The van der Waals surface area contributed by atoms with Crippen LogP contribution in [0.4, 0.5) is 0 Å². The number of hydrogen-bond acceptors (Lipinski definition) is 7. The highest BCUT2D eigenvalue weighted by molar-refractivity contribution is 7.98. The summed E-state index contributed by atoms with van der Waals surface area (Å²) in [6.07, 6.45) is 4.16. The molecule has 0 unspecified atom stereocenters. The third-order valence-corrected chi connectivity index (χ3v) is 5.81. The lowest BCUT2D eigenvalue weighted by molar-refractivity contribution is 0.0933. The molecule has 0 aliphatic carbocycles. The smallest absolute Gasteiger partial charge is 0.285 e. The van der Waals surface area contributed by atoms with Crippen molar-refractivity contribution in [2.45, 2.75) is 44.9 Å². The number of carbonyl (C=O) groups excluding carboxylic acids is 1. The number of aryl methyl sites for hydroxylation is 1. The van der Waals surface area contributed by atoms with Crippen LogP contribution in [0.25, 0.3) is 11.4 Å². The molecular weight excluding hydrogens is 462 g/mol. The molecule has 0 radical (unpaired) electrons. The van der Waals surface area contributed by atoms with Crippen molar-refractivity contribution in [2.75, 3.05) is 12.8 Å². The first-order chi connectivity index (χ1) is 16.7. The Bertz CT molecular complexity index is 1310. The molecule has 0 saturated carbocycles. The van der Waals surface area contributed by atoms with E-state index in [1.165, 1.54) is 11.8 Å². The van der Waals surface area contributed by atoms with E-state index < -0.39 is 0 Å². The Labute approximate surface area is 209 Å². The maximum Gasteiger partial charge on any atom is 0.285 e. The molecule has 0 bridgehead atoms. The fraction of sp³-hybridized carbons (Fsp3) is 0.308. The van der Waals surface area contributed by atoms with E-state index in [4.69, 9.17) is 9.26 Å². The molecule has 0 aliphatic heterocycles. The third-order valence-electron chi connectivity index (χ3n) is 5.30. The number of rotatable bonds is 8. The summed E-state index contributed by atoms with van der Waals surface area (Å²) in [4.78, 5) is 17.6. The number of hydrogen-bond donors (Lipinski definition) is 1. The van der Waals surface area contributed by atoms with E-state index >= 15 is 0 Å². The number of aromatic nitrogens is 4. The zero-order valence-corrected chi connectivity index (χ0v) is 21.3. The van der Waals surface area contributed by atoms with Gasteiger partial charge >= 0.3 is 0 Å². The van der Waals surface area contributed by atoms with Gasteiger partial charge in [-0.15, -0.1) is 0 Å². The predicted molar refractivity (Wildman–Crippen MR) is 136 cm³/mol. The molecule has 4 aromatic rings. The third kappa shape index (κ3) is 5.92. The van der Waals surface area contributed by atoms with Crippen molar-refractivity contribution in [1.29, 1.82) is 0 Å². The van der Waals surface area contributed by atoms with Crippen LogP contribution in [-0.2, 0) is 12.0 Å². The van der Waals surface area contributed by atoms with Crippen LogP contribution in [-0.4, -0.2) is 38.6 Å². The highest BCUT2D eigenvalue weighted by Crippen LogP contribution is 2.29. The van der Waals surface area contributed by atoms with Gasteiger partial charge in [0.1, 0.15) is 5.75 Å². The van der Waals surface area contributed by atoms with Crippen molar-refractivity contribution in [3.8, 4) is 22.9 Å². The van der Waals surface area contributed by atoms with Crippen molar-refractivity contribution in [3.63, 3.8) is 0 Å². The van der Waals surface area contributed by atoms with Gasteiger partial charge in [-0.05, 0) is 63.6 Å². The first-order valence-electron chi connectivity index (χ1n) is 11.3. The highest BCUT2D eigenvalue weighted by Gasteiger charge is 2.27. The Kier molecular flexibility index (Phi) is 7.25. The van der Waals surface area contributed by atoms with E-state index in [1.54, 1.807) is 10.9 Å². The lowest BCUT2D eigenvalue weighted by atomic mass is 10.1. The minimum atomic E-state index is -0.387. The van der Waals surface area contributed by atoms with E-state index in [2.05, 4.69) is 20.6 Å². The molecule has 182 valence electrons. The van der Waals surface area contributed by atoms with E-state index in [-0.39, 0.29) is 11.4 Å². The number of benzene rings is 2. The maximum atomic E-state index is 13.2. The van der Waals surface area contributed by atoms with Crippen molar-refractivity contribution in [3.05, 3.63) is 71.5 Å². The normalized spacial score (nSPS) is 11.5. The standard InChI is InChI=1S/C26H29N5O3S/c1-17-7-6-8-20(15-17)33-21-16-28-31(26(2,3)4)22(21)24(32)27-14-13-18-9-11-19(12-10-18)23-29-25(35-5)34-30-23/h6-12,15-16H,13-14H2,1-5H3,(H,27,32). The zero-order valence-electron chi connectivity index (χ0n) is 20.5. The summed E-state index contributed by atoms with van der Waals surface area (Å²) in [6, 6.07) is 15.6. The molecule has 2 heterocycles. The lowest BCUT2D eigenvalue weighted by Crippen LogP contribution is -2.33. The molecule has 4 rings (SSSR count). The van der Waals surface area contributed by atoms with Crippen LogP contribution < -0.4 is 10.1 Å². The molecule has 0 atom stereocenters. The number of ether oxygens (including phenoxy) is 1. The van der Waals surface area contributed by atoms with Gasteiger partial charge in [0.25, 0.3) is 11.1 Å². The van der Waals surface area contributed by atoms with Crippen LogP contribution in [0, 0.1) is 6.92 Å². The minimum Gasteiger partial charge on any atom is -0.453 e. The first kappa shape index (κ1) is 24.5. The summed E-state index contributed by atoms with van der Waals surface area (Å²) in [5.41, 5.74) is 3.06. The van der Waals surface area contributed by atoms with Crippen LogP contribution in [0.15, 0.2) is 64.5 Å². The number of nitrogens with zero attached hydrogens (tertiary/aromatic N) is 4. The average Bonchev–Trinajstić information content (AvgIpc) is 3.47. The summed E-state index contributed by atoms with van der Waals surface area (Å²) in [5, 5.41) is 12.0. The molecule has 0 aliphatic rings. The van der Waals surface area contributed by atoms with E-state index in [1.807, 2.05) is 82.5 Å². The fourth-order valence-corrected chi connectivity index (χ4v) is 3.85. The number of carbonyl (C=O) groups is 1. The van der Waals surface area contributed by atoms with Crippen molar-refractivity contribution in [1.82, 2.24) is 25.2 Å². The maximum absolute atomic E-state index is 13.2. The second kappa shape index (κ2) is 10.4. The molecule has 0 spiro atoms. The Hall–Kier alpha value is -3.59. The summed E-state index contributed by atoms with van der Waals surface area (Å²) in [7, 11) is 0. The van der Waals surface area contributed by atoms with Gasteiger partial charge in [-0.2, -0.15) is 10.1 Å².